The molecule has 0 spiro atoms. The second-order valence-corrected chi connectivity index (χ2v) is 5.73. The van der Waals surface area contributed by atoms with Gasteiger partial charge in [-0.15, -0.1) is 0 Å². The van der Waals surface area contributed by atoms with Crippen molar-refractivity contribution in [1.82, 2.24) is 4.98 Å². The van der Waals surface area contributed by atoms with Gasteiger partial charge in [0.2, 0.25) is 0 Å². The van der Waals surface area contributed by atoms with Gasteiger partial charge < -0.3 is 5.32 Å². The lowest BCUT2D eigenvalue weighted by molar-refractivity contribution is 1.24. The monoisotopic (exact) mass is 338 g/mol. The van der Waals surface area contributed by atoms with Crippen molar-refractivity contribution < 1.29 is 0 Å². The molecule has 0 aliphatic heterocycles. The molecule has 0 saturated heterocycles. The molecule has 0 amide bonds. The molecule has 0 atom stereocenters. The summed E-state index contributed by atoms with van der Waals surface area (Å²) in [6.45, 7) is 2.03. The number of para-hydroxylation sites is 1. The molecule has 3 heteroatoms. The summed E-state index contributed by atoms with van der Waals surface area (Å²) < 4.78 is 0.963. The summed E-state index contributed by atoms with van der Waals surface area (Å²) in [6, 6.07) is 20.6. The number of halogens is 1. The van der Waals surface area contributed by atoms with Crippen LogP contribution < -0.4 is 5.32 Å². The highest BCUT2D eigenvalue weighted by atomic mass is 79.9. The van der Waals surface area contributed by atoms with Crippen LogP contribution in [0.25, 0.3) is 11.1 Å². The number of aryl methyl sites for hydroxylation is 1. The van der Waals surface area contributed by atoms with E-state index in [1.807, 2.05) is 43.5 Å². The number of aromatic nitrogens is 1. The van der Waals surface area contributed by atoms with Crippen molar-refractivity contribution in [2.45, 2.75) is 6.92 Å². The zero-order valence-corrected chi connectivity index (χ0v) is 13.3. The maximum Gasteiger partial charge on any atom is 0.144 e. The molecule has 3 aromatic rings. The molecule has 0 unspecified atom stereocenters. The minimum absolute atomic E-state index is 0.823. The Morgan fingerprint density at radius 1 is 0.952 bits per heavy atom. The number of nitrogens with zero attached hydrogens (tertiary/aromatic N) is 1. The normalized spacial score (nSPS) is 10.4. The molecule has 3 rings (SSSR count). The first kappa shape index (κ1) is 13.8. The lowest BCUT2D eigenvalue weighted by atomic mass is 10.0. The molecule has 2 aromatic carbocycles. The average Bonchev–Trinajstić information content (AvgIpc) is 2.51. The molecule has 0 aliphatic carbocycles. The van der Waals surface area contributed by atoms with Crippen LogP contribution in [0.5, 0.6) is 0 Å². The molecule has 1 heterocycles. The van der Waals surface area contributed by atoms with Crippen LogP contribution in [0.1, 0.15) is 5.56 Å². The van der Waals surface area contributed by atoms with Crippen molar-refractivity contribution in [3.63, 3.8) is 0 Å². The topological polar surface area (TPSA) is 24.9 Å². The number of hydrogen-bond donors (Lipinski definition) is 1. The maximum absolute atomic E-state index is 4.45. The second kappa shape index (κ2) is 6.10. The summed E-state index contributed by atoms with van der Waals surface area (Å²) in [5, 5.41) is 3.41. The Kier molecular flexibility index (Phi) is 4.02. The first-order valence-electron chi connectivity index (χ1n) is 6.77. The zero-order valence-electron chi connectivity index (χ0n) is 11.7. The van der Waals surface area contributed by atoms with Crippen molar-refractivity contribution in [1.29, 1.82) is 0 Å². The van der Waals surface area contributed by atoms with Gasteiger partial charge in [0.15, 0.2) is 0 Å². The SMILES string of the molecule is Cc1cnc(Nc2ccccc2-c2ccccc2)c(Br)c1. The molecule has 1 aromatic heterocycles. The Balaban J connectivity index is 2.00. The summed E-state index contributed by atoms with van der Waals surface area (Å²) in [5.74, 6) is 0.823. The van der Waals surface area contributed by atoms with Gasteiger partial charge in [0.05, 0.1) is 4.47 Å². The lowest BCUT2D eigenvalue weighted by Crippen LogP contribution is -1.97. The van der Waals surface area contributed by atoms with E-state index < -0.39 is 0 Å². The average molecular weight is 339 g/mol. The Labute approximate surface area is 133 Å². The van der Waals surface area contributed by atoms with Crippen molar-refractivity contribution in [3.05, 3.63) is 76.9 Å². The number of benzene rings is 2. The Bertz CT molecular complexity index is 754. The summed E-state index contributed by atoms with van der Waals surface area (Å²) in [6.07, 6.45) is 1.86. The van der Waals surface area contributed by atoms with E-state index in [2.05, 4.69) is 56.6 Å². The molecule has 0 saturated carbocycles. The van der Waals surface area contributed by atoms with Gasteiger partial charge in [-0.3, -0.25) is 0 Å². The quantitative estimate of drug-likeness (QED) is 0.675. The van der Waals surface area contributed by atoms with Gasteiger partial charge >= 0.3 is 0 Å². The van der Waals surface area contributed by atoms with Crippen molar-refractivity contribution in [2.75, 3.05) is 5.32 Å². The van der Waals surface area contributed by atoms with Crippen LogP contribution in [0, 0.1) is 6.92 Å². The summed E-state index contributed by atoms with van der Waals surface area (Å²) in [5.41, 5.74) is 4.51. The molecule has 2 nitrogen and oxygen atoms in total. The van der Waals surface area contributed by atoms with Crippen LogP contribution in [-0.2, 0) is 0 Å². The van der Waals surface area contributed by atoms with Gasteiger partial charge in [0.1, 0.15) is 5.82 Å². The van der Waals surface area contributed by atoms with E-state index in [1.54, 1.807) is 0 Å². The molecule has 0 fully saturated rings. The molecule has 0 aliphatic rings. The van der Waals surface area contributed by atoms with E-state index in [-0.39, 0.29) is 0 Å². The molecular formula is C18H15BrN2. The number of nitrogens with one attached hydrogen (secondary N) is 1. The minimum atomic E-state index is 0.823. The highest BCUT2D eigenvalue weighted by molar-refractivity contribution is 9.10. The van der Waals surface area contributed by atoms with Gasteiger partial charge in [-0.1, -0.05) is 48.5 Å². The number of hydrogen-bond acceptors (Lipinski definition) is 2. The van der Waals surface area contributed by atoms with E-state index in [0.29, 0.717) is 0 Å². The Hall–Kier alpha value is -2.13. The molecule has 104 valence electrons. The third-order valence-electron chi connectivity index (χ3n) is 3.24. The van der Waals surface area contributed by atoms with Crippen LogP contribution in [0.3, 0.4) is 0 Å². The number of pyridine rings is 1. The third-order valence-corrected chi connectivity index (χ3v) is 3.85. The predicted octanol–water partition coefficient (Wildman–Crippen LogP) is 5.56. The van der Waals surface area contributed by atoms with E-state index in [4.69, 9.17) is 0 Å². The van der Waals surface area contributed by atoms with Gasteiger partial charge in [-0.25, -0.2) is 4.98 Å². The van der Waals surface area contributed by atoms with E-state index in [1.165, 1.54) is 5.56 Å². The summed E-state index contributed by atoms with van der Waals surface area (Å²) in [7, 11) is 0. The number of anilines is 2. The van der Waals surface area contributed by atoms with Gasteiger partial charge in [0, 0.05) is 17.4 Å². The van der Waals surface area contributed by atoms with Gasteiger partial charge in [0.25, 0.3) is 0 Å². The van der Waals surface area contributed by atoms with Gasteiger partial charge in [-0.05, 0) is 46.1 Å². The van der Waals surface area contributed by atoms with Crippen LogP contribution in [0.2, 0.25) is 0 Å². The molecule has 0 radical (unpaired) electrons. The third kappa shape index (κ3) is 3.14. The van der Waals surface area contributed by atoms with Crippen LogP contribution in [-0.4, -0.2) is 4.98 Å². The second-order valence-electron chi connectivity index (χ2n) is 4.88. The fourth-order valence-corrected chi connectivity index (χ4v) is 2.78. The summed E-state index contributed by atoms with van der Waals surface area (Å²) >= 11 is 3.56. The first-order valence-corrected chi connectivity index (χ1v) is 7.57. The predicted molar refractivity (Wildman–Crippen MR) is 91.8 cm³/mol. The van der Waals surface area contributed by atoms with Crippen LogP contribution in [0.15, 0.2) is 71.3 Å². The van der Waals surface area contributed by atoms with Crippen molar-refractivity contribution >= 4 is 27.4 Å². The smallest absolute Gasteiger partial charge is 0.144 e. The van der Waals surface area contributed by atoms with Gasteiger partial charge in [-0.2, -0.15) is 0 Å². The van der Waals surface area contributed by atoms with E-state index in [0.717, 1.165) is 27.1 Å². The summed E-state index contributed by atoms with van der Waals surface area (Å²) in [4.78, 5) is 4.45. The maximum atomic E-state index is 4.45. The van der Waals surface area contributed by atoms with E-state index >= 15 is 0 Å². The first-order chi connectivity index (χ1) is 10.2. The standard InChI is InChI=1S/C18H15BrN2/c1-13-11-16(19)18(20-12-13)21-17-10-6-5-9-15(17)14-7-3-2-4-8-14/h2-12H,1H3,(H,20,21). The molecular weight excluding hydrogens is 324 g/mol. The molecule has 0 bridgehead atoms. The highest BCUT2D eigenvalue weighted by Crippen LogP contribution is 2.31. The Morgan fingerprint density at radius 3 is 2.43 bits per heavy atom. The fraction of sp³-hybridized carbons (Fsp3) is 0.0556. The van der Waals surface area contributed by atoms with Crippen LogP contribution in [0.4, 0.5) is 11.5 Å². The Morgan fingerprint density at radius 2 is 1.67 bits per heavy atom. The van der Waals surface area contributed by atoms with E-state index in [9.17, 15) is 0 Å². The highest BCUT2D eigenvalue weighted by Gasteiger charge is 2.07. The van der Waals surface area contributed by atoms with Crippen LogP contribution >= 0.6 is 15.9 Å². The van der Waals surface area contributed by atoms with Crippen molar-refractivity contribution in [3.8, 4) is 11.1 Å². The fourth-order valence-electron chi connectivity index (χ4n) is 2.21. The lowest BCUT2D eigenvalue weighted by Gasteiger charge is -2.13. The minimum Gasteiger partial charge on any atom is -0.339 e. The molecule has 1 N–H and O–H groups in total. The molecule has 21 heavy (non-hydrogen) atoms. The largest absolute Gasteiger partial charge is 0.339 e. The zero-order chi connectivity index (χ0) is 14.7. The van der Waals surface area contributed by atoms with Crippen molar-refractivity contribution in [2.24, 2.45) is 0 Å². The number of rotatable bonds is 3.